The minimum Gasteiger partial charge on any atom is -0.374 e. The summed E-state index contributed by atoms with van der Waals surface area (Å²) in [6.45, 7) is 0.669. The number of hydrogen-bond acceptors (Lipinski definition) is 4. The second-order valence-electron chi connectivity index (χ2n) is 3.79. The molecule has 0 amide bonds. The maximum absolute atomic E-state index is 13.8. The molecule has 0 spiro atoms. The Labute approximate surface area is 109 Å². The molecule has 1 aliphatic rings. The Morgan fingerprint density at radius 3 is 3.00 bits per heavy atom. The van der Waals surface area contributed by atoms with Crippen molar-refractivity contribution in [2.75, 3.05) is 18.1 Å². The fourth-order valence-electron chi connectivity index (χ4n) is 1.85. The molecule has 2 unspecified atom stereocenters. The first-order valence-electron chi connectivity index (χ1n) is 5.33. The van der Waals surface area contributed by atoms with Gasteiger partial charge in [0.2, 0.25) is 0 Å². The van der Waals surface area contributed by atoms with Crippen LogP contribution in [0.15, 0.2) is 18.2 Å². The van der Waals surface area contributed by atoms with Crippen molar-refractivity contribution >= 4 is 23.4 Å². The zero-order valence-electron chi connectivity index (χ0n) is 9.16. The third kappa shape index (κ3) is 3.11. The number of nitrogens with two attached hydrogens (primary N) is 1. The molecule has 6 heteroatoms. The van der Waals surface area contributed by atoms with Gasteiger partial charge in [0.05, 0.1) is 18.8 Å². The summed E-state index contributed by atoms with van der Waals surface area (Å²) in [5.41, 5.74) is 3.12. The molecule has 17 heavy (non-hydrogen) atoms. The Bertz CT molecular complexity index is 388. The predicted molar refractivity (Wildman–Crippen MR) is 68.5 cm³/mol. The zero-order chi connectivity index (χ0) is 12.3. The molecule has 0 aromatic heterocycles. The van der Waals surface area contributed by atoms with E-state index in [4.69, 9.17) is 22.2 Å². The van der Waals surface area contributed by atoms with Crippen molar-refractivity contribution in [1.82, 2.24) is 5.43 Å². The van der Waals surface area contributed by atoms with E-state index in [1.165, 1.54) is 6.07 Å². The molecule has 1 heterocycles. The van der Waals surface area contributed by atoms with Crippen molar-refractivity contribution in [3.63, 3.8) is 0 Å². The predicted octanol–water partition coefficient (Wildman–Crippen LogP) is 2.12. The Kier molecular flexibility index (Phi) is 4.64. The van der Waals surface area contributed by atoms with Crippen LogP contribution in [0.2, 0.25) is 5.02 Å². The lowest BCUT2D eigenvalue weighted by Gasteiger charge is -2.30. The van der Waals surface area contributed by atoms with Gasteiger partial charge in [-0.3, -0.25) is 11.3 Å². The molecule has 0 bridgehead atoms. The van der Waals surface area contributed by atoms with Crippen LogP contribution in [0.5, 0.6) is 0 Å². The van der Waals surface area contributed by atoms with Gasteiger partial charge in [-0.25, -0.2) is 4.39 Å². The lowest BCUT2D eigenvalue weighted by atomic mass is 10.0. The van der Waals surface area contributed by atoms with Crippen molar-refractivity contribution < 1.29 is 9.13 Å². The van der Waals surface area contributed by atoms with Crippen LogP contribution >= 0.6 is 23.4 Å². The highest BCUT2D eigenvalue weighted by Gasteiger charge is 2.27. The van der Waals surface area contributed by atoms with Crippen LogP contribution < -0.4 is 11.3 Å². The Morgan fingerprint density at radius 2 is 2.41 bits per heavy atom. The Morgan fingerprint density at radius 1 is 1.59 bits per heavy atom. The second kappa shape index (κ2) is 6.02. The minimum absolute atomic E-state index is 0.116. The van der Waals surface area contributed by atoms with Gasteiger partial charge in [-0.15, -0.1) is 0 Å². The van der Waals surface area contributed by atoms with Gasteiger partial charge in [0.15, 0.2) is 0 Å². The van der Waals surface area contributed by atoms with E-state index in [1.54, 1.807) is 23.9 Å². The summed E-state index contributed by atoms with van der Waals surface area (Å²) in [4.78, 5) is 0. The average Bonchev–Trinajstić information content (AvgIpc) is 2.34. The third-order valence-corrected chi connectivity index (χ3v) is 3.95. The molecule has 1 aromatic carbocycles. The van der Waals surface area contributed by atoms with E-state index in [0.29, 0.717) is 17.2 Å². The molecular weight excluding hydrogens is 263 g/mol. The standard InChI is InChI=1S/C11H14ClFN2OS/c12-7-1-2-8(9(13)5-7)11(15-14)10-6-17-4-3-16-10/h1-2,5,10-11,15H,3-4,6,14H2. The summed E-state index contributed by atoms with van der Waals surface area (Å²) in [6, 6.07) is 4.24. The van der Waals surface area contributed by atoms with Crippen LogP contribution in [0, 0.1) is 5.82 Å². The monoisotopic (exact) mass is 276 g/mol. The molecule has 0 aliphatic carbocycles. The molecule has 0 saturated carbocycles. The summed E-state index contributed by atoms with van der Waals surface area (Å²) in [7, 11) is 0. The number of rotatable bonds is 3. The summed E-state index contributed by atoms with van der Waals surface area (Å²) >= 11 is 7.50. The molecule has 0 radical (unpaired) electrons. The number of hydrogen-bond donors (Lipinski definition) is 2. The van der Waals surface area contributed by atoms with E-state index < -0.39 is 0 Å². The quantitative estimate of drug-likeness (QED) is 0.656. The first-order valence-corrected chi connectivity index (χ1v) is 6.86. The number of ether oxygens (including phenoxy) is 1. The van der Waals surface area contributed by atoms with Crippen molar-refractivity contribution in [2.24, 2.45) is 5.84 Å². The molecular formula is C11H14ClFN2OS. The van der Waals surface area contributed by atoms with Crippen LogP contribution in [0.4, 0.5) is 4.39 Å². The maximum Gasteiger partial charge on any atom is 0.129 e. The molecule has 2 atom stereocenters. The smallest absolute Gasteiger partial charge is 0.129 e. The largest absolute Gasteiger partial charge is 0.374 e. The van der Waals surface area contributed by atoms with Gasteiger partial charge in [-0.1, -0.05) is 17.7 Å². The molecule has 1 aliphatic heterocycles. The number of hydrazine groups is 1. The molecule has 3 nitrogen and oxygen atoms in total. The first kappa shape index (κ1) is 13.1. The number of nitrogens with one attached hydrogen (secondary N) is 1. The van der Waals surface area contributed by atoms with Crippen LogP contribution in [-0.2, 0) is 4.74 Å². The highest BCUT2D eigenvalue weighted by molar-refractivity contribution is 7.99. The minimum atomic E-state index is -0.361. The fourth-order valence-corrected chi connectivity index (χ4v) is 2.91. The maximum atomic E-state index is 13.8. The second-order valence-corrected chi connectivity index (χ2v) is 5.38. The summed E-state index contributed by atoms with van der Waals surface area (Å²) in [6.07, 6.45) is -0.116. The van der Waals surface area contributed by atoms with E-state index in [9.17, 15) is 4.39 Å². The first-order chi connectivity index (χ1) is 8.22. The normalized spacial score (nSPS) is 22.4. The van der Waals surface area contributed by atoms with Crippen molar-refractivity contribution in [1.29, 1.82) is 0 Å². The van der Waals surface area contributed by atoms with Crippen molar-refractivity contribution in [3.8, 4) is 0 Å². The van der Waals surface area contributed by atoms with Gasteiger partial charge in [0, 0.05) is 22.1 Å². The molecule has 2 rings (SSSR count). The lowest BCUT2D eigenvalue weighted by Crippen LogP contribution is -2.41. The zero-order valence-corrected chi connectivity index (χ0v) is 10.7. The van der Waals surface area contributed by atoms with Crippen molar-refractivity contribution in [2.45, 2.75) is 12.1 Å². The lowest BCUT2D eigenvalue weighted by molar-refractivity contribution is 0.0458. The van der Waals surface area contributed by atoms with Crippen LogP contribution in [0.1, 0.15) is 11.6 Å². The van der Waals surface area contributed by atoms with Crippen LogP contribution in [0.25, 0.3) is 0 Å². The Hall–Kier alpha value is -0.330. The molecule has 1 saturated heterocycles. The Balaban J connectivity index is 2.21. The number of halogens is 2. The van der Waals surface area contributed by atoms with E-state index in [-0.39, 0.29) is 18.0 Å². The van der Waals surface area contributed by atoms with E-state index >= 15 is 0 Å². The summed E-state index contributed by atoms with van der Waals surface area (Å²) < 4.78 is 19.4. The molecule has 1 aromatic rings. The van der Waals surface area contributed by atoms with E-state index in [2.05, 4.69) is 5.43 Å². The summed E-state index contributed by atoms with van der Waals surface area (Å²) in [5, 5.41) is 0.376. The topological polar surface area (TPSA) is 47.3 Å². The van der Waals surface area contributed by atoms with Gasteiger partial charge < -0.3 is 4.74 Å². The third-order valence-electron chi connectivity index (χ3n) is 2.69. The number of thioether (sulfide) groups is 1. The van der Waals surface area contributed by atoms with Gasteiger partial charge >= 0.3 is 0 Å². The fraction of sp³-hybridized carbons (Fsp3) is 0.455. The van der Waals surface area contributed by atoms with Gasteiger partial charge in [-0.05, 0) is 12.1 Å². The van der Waals surface area contributed by atoms with Gasteiger partial charge in [0.25, 0.3) is 0 Å². The SMILES string of the molecule is NNC(c1ccc(Cl)cc1F)C1CSCCO1. The number of benzene rings is 1. The average molecular weight is 277 g/mol. The molecule has 94 valence electrons. The van der Waals surface area contributed by atoms with Crippen molar-refractivity contribution in [3.05, 3.63) is 34.6 Å². The van der Waals surface area contributed by atoms with Crippen LogP contribution in [-0.4, -0.2) is 24.2 Å². The van der Waals surface area contributed by atoms with Crippen LogP contribution in [0.3, 0.4) is 0 Å². The molecule has 1 fully saturated rings. The summed E-state index contributed by atoms with van der Waals surface area (Å²) in [5.74, 6) is 6.91. The van der Waals surface area contributed by atoms with E-state index in [0.717, 1.165) is 11.5 Å². The van der Waals surface area contributed by atoms with E-state index in [1.807, 2.05) is 0 Å². The highest BCUT2D eigenvalue weighted by atomic mass is 35.5. The highest BCUT2D eigenvalue weighted by Crippen LogP contribution is 2.28. The van der Waals surface area contributed by atoms with Gasteiger partial charge in [-0.2, -0.15) is 11.8 Å². The van der Waals surface area contributed by atoms with Gasteiger partial charge in [0.1, 0.15) is 5.82 Å². The molecule has 3 N–H and O–H groups in total.